The van der Waals surface area contributed by atoms with Gasteiger partial charge in [-0.15, -0.1) is 0 Å². The number of rotatable bonds is 6. The number of nitrogens with one attached hydrogen (secondary N) is 1. The second-order valence-electron chi connectivity index (χ2n) is 6.72. The summed E-state index contributed by atoms with van der Waals surface area (Å²) in [7, 11) is -2.02. The largest absolute Gasteiger partial charge is 0.326 e. The number of carbonyl (C=O) groups is 1. The number of sulfonamides is 1. The van der Waals surface area contributed by atoms with Crippen LogP contribution in [0, 0.1) is 0 Å². The van der Waals surface area contributed by atoms with Crippen molar-refractivity contribution >= 4 is 21.6 Å². The zero-order chi connectivity index (χ0) is 18.7. The van der Waals surface area contributed by atoms with Gasteiger partial charge in [0.2, 0.25) is 15.9 Å². The molecular formula is C19H24N2O3S. The first-order chi connectivity index (χ1) is 11.6. The highest BCUT2D eigenvalue weighted by molar-refractivity contribution is 7.89. The summed E-state index contributed by atoms with van der Waals surface area (Å²) in [6.07, 6.45) is 0. The molecule has 1 amide bonds. The maximum Gasteiger partial charge on any atom is 0.242 e. The Morgan fingerprint density at radius 3 is 2.12 bits per heavy atom. The first-order valence-electron chi connectivity index (χ1n) is 8.02. The predicted octanol–water partition coefficient (Wildman–Crippen LogP) is 3.24. The number of benzene rings is 2. The molecule has 0 heterocycles. The third-order valence-electron chi connectivity index (χ3n) is 4.06. The molecule has 25 heavy (non-hydrogen) atoms. The number of anilines is 1. The van der Waals surface area contributed by atoms with E-state index in [1.165, 1.54) is 23.4 Å². The van der Waals surface area contributed by atoms with Crippen LogP contribution in [0.3, 0.4) is 0 Å². The van der Waals surface area contributed by atoms with Crippen molar-refractivity contribution in [2.75, 3.05) is 18.9 Å². The summed E-state index contributed by atoms with van der Waals surface area (Å²) in [6, 6.07) is 16.0. The highest BCUT2D eigenvalue weighted by atomic mass is 32.2. The van der Waals surface area contributed by atoms with Crippen LogP contribution < -0.4 is 5.32 Å². The van der Waals surface area contributed by atoms with Gasteiger partial charge in [-0.05, 0) is 29.8 Å². The second kappa shape index (κ2) is 7.37. The van der Waals surface area contributed by atoms with E-state index >= 15 is 0 Å². The van der Waals surface area contributed by atoms with Crippen molar-refractivity contribution in [2.24, 2.45) is 0 Å². The molecule has 5 nitrogen and oxygen atoms in total. The Kier molecular flexibility index (Phi) is 5.65. The number of carbonyl (C=O) groups excluding carboxylic acids is 1. The fraction of sp³-hybridized carbons (Fsp3) is 0.316. The molecule has 1 N–H and O–H groups in total. The van der Waals surface area contributed by atoms with Crippen LogP contribution in [0.1, 0.15) is 26.3 Å². The highest BCUT2D eigenvalue weighted by Crippen LogP contribution is 2.26. The summed E-state index contributed by atoms with van der Waals surface area (Å²) in [5.41, 5.74) is 1.33. The van der Waals surface area contributed by atoms with Crippen molar-refractivity contribution < 1.29 is 13.2 Å². The molecule has 0 aliphatic rings. The van der Waals surface area contributed by atoms with Crippen molar-refractivity contribution in [1.29, 1.82) is 0 Å². The van der Waals surface area contributed by atoms with Gasteiger partial charge in [-0.3, -0.25) is 4.79 Å². The number of hydrogen-bond acceptors (Lipinski definition) is 3. The molecule has 134 valence electrons. The number of nitrogens with zero attached hydrogens (tertiary/aromatic N) is 1. The molecule has 2 rings (SSSR count). The van der Waals surface area contributed by atoms with Crippen molar-refractivity contribution in [3.63, 3.8) is 0 Å². The molecule has 0 unspecified atom stereocenters. The van der Waals surface area contributed by atoms with Gasteiger partial charge < -0.3 is 5.32 Å². The average molecular weight is 360 g/mol. The van der Waals surface area contributed by atoms with Gasteiger partial charge in [0.25, 0.3) is 0 Å². The molecule has 6 heteroatoms. The molecule has 0 saturated carbocycles. The smallest absolute Gasteiger partial charge is 0.242 e. The van der Waals surface area contributed by atoms with Crippen LogP contribution in [0.4, 0.5) is 5.69 Å². The minimum atomic E-state index is -3.60. The lowest BCUT2D eigenvalue weighted by molar-refractivity contribution is -0.114. The monoisotopic (exact) mass is 360 g/mol. The molecule has 0 spiro atoms. The molecule has 0 aliphatic carbocycles. The Morgan fingerprint density at radius 2 is 1.60 bits per heavy atom. The van der Waals surface area contributed by atoms with Crippen molar-refractivity contribution in [1.82, 2.24) is 4.31 Å². The van der Waals surface area contributed by atoms with Crippen molar-refractivity contribution in [2.45, 2.75) is 31.1 Å². The van der Waals surface area contributed by atoms with E-state index in [4.69, 9.17) is 0 Å². The van der Waals surface area contributed by atoms with Crippen molar-refractivity contribution in [3.05, 3.63) is 60.2 Å². The summed E-state index contributed by atoms with van der Waals surface area (Å²) in [5, 5.41) is 2.63. The summed E-state index contributed by atoms with van der Waals surface area (Å²) in [6.45, 7) is 5.80. The molecule has 0 saturated heterocycles. The zero-order valence-corrected chi connectivity index (χ0v) is 15.8. The van der Waals surface area contributed by atoms with Crippen LogP contribution in [0.5, 0.6) is 0 Å². The SMILES string of the molecule is CC(=O)Nc1ccc(S(=O)(=O)N(C)CC(C)(C)c2ccccc2)cc1. The van der Waals surface area contributed by atoms with Gasteiger partial charge in [-0.1, -0.05) is 44.2 Å². The average Bonchev–Trinajstić information content (AvgIpc) is 2.55. The van der Waals surface area contributed by atoms with Crippen LogP contribution in [0.25, 0.3) is 0 Å². The van der Waals surface area contributed by atoms with Gasteiger partial charge in [0.05, 0.1) is 4.90 Å². The van der Waals surface area contributed by atoms with Crippen LogP contribution >= 0.6 is 0 Å². The van der Waals surface area contributed by atoms with Crippen LogP contribution in [0.15, 0.2) is 59.5 Å². The summed E-state index contributed by atoms with van der Waals surface area (Å²) in [4.78, 5) is 11.3. The summed E-state index contributed by atoms with van der Waals surface area (Å²) < 4.78 is 27.0. The Morgan fingerprint density at radius 1 is 1.04 bits per heavy atom. The lowest BCUT2D eigenvalue weighted by Crippen LogP contribution is -2.38. The minimum absolute atomic E-state index is 0.197. The first kappa shape index (κ1) is 19.1. The maximum absolute atomic E-state index is 12.8. The quantitative estimate of drug-likeness (QED) is 0.860. The van der Waals surface area contributed by atoms with Gasteiger partial charge in [0.15, 0.2) is 0 Å². The third kappa shape index (κ3) is 4.67. The molecule has 2 aromatic carbocycles. The number of amides is 1. The fourth-order valence-electron chi connectivity index (χ4n) is 2.72. The van der Waals surface area contributed by atoms with E-state index in [1.807, 2.05) is 44.2 Å². The fourth-order valence-corrected chi connectivity index (χ4v) is 4.05. The van der Waals surface area contributed by atoms with Gasteiger partial charge in [-0.25, -0.2) is 12.7 Å². The molecule has 0 aromatic heterocycles. The Hall–Kier alpha value is -2.18. The third-order valence-corrected chi connectivity index (χ3v) is 5.87. The lowest BCUT2D eigenvalue weighted by atomic mass is 9.85. The zero-order valence-electron chi connectivity index (χ0n) is 15.0. The highest BCUT2D eigenvalue weighted by Gasteiger charge is 2.29. The van der Waals surface area contributed by atoms with E-state index in [2.05, 4.69) is 5.32 Å². The number of hydrogen-bond donors (Lipinski definition) is 1. The van der Waals surface area contributed by atoms with E-state index in [0.717, 1.165) is 5.56 Å². The van der Waals surface area contributed by atoms with Gasteiger partial charge in [0, 0.05) is 31.6 Å². The van der Waals surface area contributed by atoms with E-state index in [0.29, 0.717) is 12.2 Å². The van der Waals surface area contributed by atoms with E-state index in [9.17, 15) is 13.2 Å². The Labute approximate surface area is 149 Å². The first-order valence-corrected chi connectivity index (χ1v) is 9.46. The van der Waals surface area contributed by atoms with Gasteiger partial charge in [0.1, 0.15) is 0 Å². The number of likely N-dealkylation sites (N-methyl/N-ethyl adjacent to an activating group) is 1. The Balaban J connectivity index is 2.19. The normalized spacial score (nSPS) is 12.2. The minimum Gasteiger partial charge on any atom is -0.326 e. The van der Waals surface area contributed by atoms with E-state index in [-0.39, 0.29) is 16.2 Å². The standard InChI is InChI=1S/C19H24N2O3S/c1-15(22)20-17-10-12-18(13-11-17)25(23,24)21(4)14-19(2,3)16-8-6-5-7-9-16/h5-13H,14H2,1-4H3,(H,20,22). The lowest BCUT2D eigenvalue weighted by Gasteiger charge is -2.30. The molecular weight excluding hydrogens is 336 g/mol. The molecule has 0 bridgehead atoms. The molecule has 0 atom stereocenters. The van der Waals surface area contributed by atoms with Gasteiger partial charge in [-0.2, -0.15) is 0 Å². The van der Waals surface area contributed by atoms with Crippen LogP contribution in [-0.2, 0) is 20.2 Å². The van der Waals surface area contributed by atoms with Crippen LogP contribution in [-0.4, -0.2) is 32.2 Å². The van der Waals surface area contributed by atoms with Crippen LogP contribution in [0.2, 0.25) is 0 Å². The molecule has 2 aromatic rings. The molecule has 0 radical (unpaired) electrons. The summed E-state index contributed by atoms with van der Waals surface area (Å²) in [5.74, 6) is -0.197. The second-order valence-corrected chi connectivity index (χ2v) is 8.76. The van der Waals surface area contributed by atoms with E-state index < -0.39 is 10.0 Å². The van der Waals surface area contributed by atoms with Gasteiger partial charge >= 0.3 is 0 Å². The predicted molar refractivity (Wildman–Crippen MR) is 100 cm³/mol. The Bertz CT molecular complexity index is 829. The molecule has 0 fully saturated rings. The molecule has 0 aliphatic heterocycles. The topological polar surface area (TPSA) is 66.5 Å². The van der Waals surface area contributed by atoms with Crippen molar-refractivity contribution in [3.8, 4) is 0 Å². The van der Waals surface area contributed by atoms with E-state index in [1.54, 1.807) is 19.2 Å². The summed E-state index contributed by atoms with van der Waals surface area (Å²) >= 11 is 0. The maximum atomic E-state index is 12.8.